The van der Waals surface area contributed by atoms with E-state index in [1.807, 2.05) is 73.7 Å². The zero-order valence-electron chi connectivity index (χ0n) is 17.3. The molecule has 0 radical (unpaired) electrons. The summed E-state index contributed by atoms with van der Waals surface area (Å²) in [4.78, 5) is 42.2. The van der Waals surface area contributed by atoms with Crippen LogP contribution in [0.15, 0.2) is 91.0 Å². The third kappa shape index (κ3) is 4.26. The van der Waals surface area contributed by atoms with Crippen LogP contribution < -0.4 is 4.90 Å². The summed E-state index contributed by atoms with van der Waals surface area (Å²) in [5, 5.41) is 0. The van der Waals surface area contributed by atoms with Crippen LogP contribution in [0.25, 0.3) is 0 Å². The van der Waals surface area contributed by atoms with Crippen LogP contribution in [-0.2, 0) is 16.0 Å². The quantitative estimate of drug-likeness (QED) is 0.547. The Morgan fingerprint density at radius 3 is 2.00 bits per heavy atom. The van der Waals surface area contributed by atoms with Gasteiger partial charge in [-0.2, -0.15) is 0 Å². The van der Waals surface area contributed by atoms with E-state index in [0.29, 0.717) is 12.1 Å². The number of carbonyl (C=O) groups is 3. The molecule has 0 unspecified atom stereocenters. The van der Waals surface area contributed by atoms with Gasteiger partial charge in [0.2, 0.25) is 5.91 Å². The monoisotopic (exact) mass is 412 g/mol. The maximum absolute atomic E-state index is 13.3. The molecule has 1 heterocycles. The highest BCUT2D eigenvalue weighted by Gasteiger charge is 2.48. The number of anilines is 1. The minimum atomic E-state index is -0.856. The largest absolute Gasteiger partial charge is 0.338 e. The Morgan fingerprint density at radius 1 is 0.839 bits per heavy atom. The van der Waals surface area contributed by atoms with Gasteiger partial charge in [0.25, 0.3) is 5.91 Å². The first-order valence-corrected chi connectivity index (χ1v) is 10.4. The second-order valence-corrected chi connectivity index (χ2v) is 7.78. The highest BCUT2D eigenvalue weighted by molar-refractivity contribution is 6.25. The van der Waals surface area contributed by atoms with Crippen molar-refractivity contribution in [3.8, 4) is 0 Å². The fourth-order valence-electron chi connectivity index (χ4n) is 3.97. The molecule has 2 atom stereocenters. The van der Waals surface area contributed by atoms with Crippen LogP contribution in [0.1, 0.15) is 30.4 Å². The molecule has 0 aliphatic carbocycles. The lowest BCUT2D eigenvalue weighted by molar-refractivity contribution is -0.133. The highest BCUT2D eigenvalue weighted by atomic mass is 16.2. The Morgan fingerprint density at radius 2 is 1.39 bits per heavy atom. The standard InChI is InChI=1S/C26H24N2O3/c1-19(21-13-7-3-8-14-21)17-24(29)28-23(18-20-11-5-2-6-12-20)25(30)27(26(28)31)22-15-9-4-10-16-22/h2-16,19,23H,17-18H2,1H3/t19-,23-/m0/s1. The van der Waals surface area contributed by atoms with Crippen molar-refractivity contribution in [2.75, 3.05) is 4.90 Å². The summed E-state index contributed by atoms with van der Waals surface area (Å²) in [7, 11) is 0. The number of urea groups is 1. The lowest BCUT2D eigenvalue weighted by atomic mass is 9.96. The molecule has 5 nitrogen and oxygen atoms in total. The Kier molecular flexibility index (Phi) is 5.94. The summed E-state index contributed by atoms with van der Waals surface area (Å²) in [6.07, 6.45) is 0.442. The topological polar surface area (TPSA) is 57.7 Å². The first kappa shape index (κ1) is 20.5. The van der Waals surface area contributed by atoms with Crippen LogP contribution in [-0.4, -0.2) is 28.8 Å². The molecule has 31 heavy (non-hydrogen) atoms. The van der Waals surface area contributed by atoms with Gasteiger partial charge >= 0.3 is 6.03 Å². The zero-order valence-corrected chi connectivity index (χ0v) is 17.3. The first-order valence-electron chi connectivity index (χ1n) is 10.4. The lowest BCUT2D eigenvalue weighted by Gasteiger charge is -2.22. The van der Waals surface area contributed by atoms with Crippen molar-refractivity contribution in [3.05, 3.63) is 102 Å². The molecule has 0 spiro atoms. The number of benzene rings is 3. The van der Waals surface area contributed by atoms with Gasteiger partial charge in [-0.05, 0) is 29.2 Å². The van der Waals surface area contributed by atoms with Gasteiger partial charge < -0.3 is 0 Å². The van der Waals surface area contributed by atoms with Crippen molar-refractivity contribution in [2.24, 2.45) is 0 Å². The summed E-state index contributed by atoms with van der Waals surface area (Å²) < 4.78 is 0. The van der Waals surface area contributed by atoms with E-state index in [-0.39, 0.29) is 24.2 Å². The molecule has 1 aliphatic rings. The Hall–Kier alpha value is -3.73. The molecule has 1 fully saturated rings. The molecule has 156 valence electrons. The highest BCUT2D eigenvalue weighted by Crippen LogP contribution is 2.29. The molecule has 4 amide bonds. The Bertz CT molecular complexity index is 1070. The molecular formula is C26H24N2O3. The number of para-hydroxylation sites is 1. The Labute approximate surface area is 181 Å². The van der Waals surface area contributed by atoms with Crippen LogP contribution in [0, 0.1) is 0 Å². The summed E-state index contributed by atoms with van der Waals surface area (Å²) in [5.41, 5.74) is 2.40. The fourth-order valence-corrected chi connectivity index (χ4v) is 3.97. The van der Waals surface area contributed by atoms with Gasteiger partial charge in [0, 0.05) is 12.8 Å². The molecule has 0 N–H and O–H groups in total. The van der Waals surface area contributed by atoms with E-state index in [9.17, 15) is 14.4 Å². The van der Waals surface area contributed by atoms with Gasteiger partial charge in [0.1, 0.15) is 6.04 Å². The van der Waals surface area contributed by atoms with E-state index >= 15 is 0 Å². The van der Waals surface area contributed by atoms with Crippen molar-refractivity contribution in [3.63, 3.8) is 0 Å². The van der Waals surface area contributed by atoms with Crippen molar-refractivity contribution < 1.29 is 14.4 Å². The second-order valence-electron chi connectivity index (χ2n) is 7.78. The smallest absolute Gasteiger partial charge is 0.274 e. The number of hydrogen-bond donors (Lipinski definition) is 0. The van der Waals surface area contributed by atoms with E-state index in [1.165, 1.54) is 0 Å². The maximum Gasteiger partial charge on any atom is 0.338 e. The van der Waals surface area contributed by atoms with Gasteiger partial charge in [-0.15, -0.1) is 0 Å². The summed E-state index contributed by atoms with van der Waals surface area (Å²) in [5.74, 6) is -0.783. The van der Waals surface area contributed by atoms with E-state index in [0.717, 1.165) is 20.9 Å². The van der Waals surface area contributed by atoms with Gasteiger partial charge in [-0.25, -0.2) is 9.69 Å². The average Bonchev–Trinajstić information content (AvgIpc) is 3.05. The number of imide groups is 2. The van der Waals surface area contributed by atoms with E-state index < -0.39 is 12.1 Å². The fraction of sp³-hybridized carbons (Fsp3) is 0.192. The van der Waals surface area contributed by atoms with Crippen molar-refractivity contribution >= 4 is 23.5 Å². The number of hydrogen-bond acceptors (Lipinski definition) is 3. The normalized spacial score (nSPS) is 17.1. The lowest BCUT2D eigenvalue weighted by Crippen LogP contribution is -2.42. The molecule has 1 saturated heterocycles. The number of amides is 4. The van der Waals surface area contributed by atoms with Crippen molar-refractivity contribution in [1.29, 1.82) is 0 Å². The zero-order chi connectivity index (χ0) is 21.8. The van der Waals surface area contributed by atoms with Crippen LogP contribution >= 0.6 is 0 Å². The predicted octanol–water partition coefficient (Wildman–Crippen LogP) is 4.79. The molecule has 0 aromatic heterocycles. The third-order valence-electron chi connectivity index (χ3n) is 5.62. The molecular weight excluding hydrogens is 388 g/mol. The molecule has 5 heteroatoms. The summed E-state index contributed by atoms with van der Waals surface area (Å²) in [6, 6.07) is 26.5. The number of rotatable bonds is 6. The van der Waals surface area contributed by atoms with Crippen molar-refractivity contribution in [1.82, 2.24) is 4.90 Å². The number of carbonyl (C=O) groups excluding carboxylic acids is 3. The summed E-state index contributed by atoms with van der Waals surface area (Å²) in [6.45, 7) is 1.96. The molecule has 1 aliphatic heterocycles. The first-order chi connectivity index (χ1) is 15.1. The average molecular weight is 412 g/mol. The minimum Gasteiger partial charge on any atom is -0.274 e. The van der Waals surface area contributed by atoms with Crippen LogP contribution in [0.2, 0.25) is 0 Å². The Balaban J connectivity index is 1.63. The van der Waals surface area contributed by atoms with Gasteiger partial charge in [0.05, 0.1) is 5.69 Å². The molecule has 4 rings (SSSR count). The van der Waals surface area contributed by atoms with Crippen molar-refractivity contribution in [2.45, 2.75) is 31.7 Å². The minimum absolute atomic E-state index is 0.0697. The van der Waals surface area contributed by atoms with Gasteiger partial charge in [-0.1, -0.05) is 85.8 Å². The van der Waals surface area contributed by atoms with Gasteiger partial charge in [-0.3, -0.25) is 14.5 Å². The van der Waals surface area contributed by atoms with Crippen LogP contribution in [0.3, 0.4) is 0 Å². The molecule has 0 saturated carbocycles. The second kappa shape index (κ2) is 8.96. The summed E-state index contributed by atoms with van der Waals surface area (Å²) >= 11 is 0. The van der Waals surface area contributed by atoms with E-state index in [2.05, 4.69) is 0 Å². The third-order valence-corrected chi connectivity index (χ3v) is 5.62. The van der Waals surface area contributed by atoms with Crippen LogP contribution in [0.5, 0.6) is 0 Å². The van der Waals surface area contributed by atoms with E-state index in [4.69, 9.17) is 0 Å². The SMILES string of the molecule is C[C@@H](CC(=O)N1C(=O)N(c2ccccc2)C(=O)[C@@H]1Cc1ccccc1)c1ccccc1. The van der Waals surface area contributed by atoms with E-state index in [1.54, 1.807) is 24.3 Å². The molecule has 3 aromatic rings. The van der Waals surface area contributed by atoms with Gasteiger partial charge in [0.15, 0.2) is 0 Å². The number of nitrogens with zero attached hydrogens (tertiary/aromatic N) is 2. The maximum atomic E-state index is 13.3. The van der Waals surface area contributed by atoms with Crippen LogP contribution in [0.4, 0.5) is 10.5 Å². The molecule has 0 bridgehead atoms. The predicted molar refractivity (Wildman–Crippen MR) is 120 cm³/mol. The molecule has 3 aromatic carbocycles.